The zero-order valence-electron chi connectivity index (χ0n) is 13.3. The van der Waals surface area contributed by atoms with Crippen LogP contribution >= 0.6 is 0 Å². The molecule has 0 fully saturated rings. The number of rotatable bonds is 7. The van der Waals surface area contributed by atoms with Gasteiger partial charge in [-0.25, -0.2) is 4.39 Å². The average molecular weight is 291 g/mol. The summed E-state index contributed by atoms with van der Waals surface area (Å²) in [5.41, 5.74) is 7.02. The minimum atomic E-state index is -0.238. The summed E-state index contributed by atoms with van der Waals surface area (Å²) in [5.74, 6) is 5.43. The normalized spacial score (nSPS) is 10.8. The predicted molar refractivity (Wildman–Crippen MR) is 86.5 cm³/mol. The van der Waals surface area contributed by atoms with Gasteiger partial charge >= 0.3 is 0 Å². The molecular weight excluding hydrogens is 265 g/mol. The molecule has 0 atom stereocenters. The van der Waals surface area contributed by atoms with Crippen molar-refractivity contribution in [1.29, 1.82) is 0 Å². The number of likely N-dealkylation sites (N-methyl/N-ethyl adjacent to an activating group) is 1. The van der Waals surface area contributed by atoms with Gasteiger partial charge in [0.25, 0.3) is 0 Å². The van der Waals surface area contributed by atoms with Crippen molar-refractivity contribution < 1.29 is 4.39 Å². The van der Waals surface area contributed by atoms with Crippen molar-refractivity contribution in [3.05, 3.63) is 35.1 Å². The molecule has 4 heteroatoms. The number of hydrogen-bond donors (Lipinski definition) is 1. The van der Waals surface area contributed by atoms with Crippen LogP contribution in [0.4, 0.5) is 4.39 Å². The Kier molecular flexibility index (Phi) is 7.99. The van der Waals surface area contributed by atoms with Crippen LogP contribution in [0.15, 0.2) is 18.2 Å². The molecule has 0 amide bonds. The first-order valence-electron chi connectivity index (χ1n) is 7.40. The summed E-state index contributed by atoms with van der Waals surface area (Å²) < 4.78 is 13.7. The maximum atomic E-state index is 13.7. The molecule has 1 rings (SSSR count). The van der Waals surface area contributed by atoms with Crippen molar-refractivity contribution in [3.8, 4) is 11.8 Å². The van der Waals surface area contributed by atoms with Gasteiger partial charge in [0.1, 0.15) is 5.82 Å². The number of nitrogens with two attached hydrogens (primary N) is 1. The summed E-state index contributed by atoms with van der Waals surface area (Å²) in [6, 6.07) is 4.99. The molecule has 0 aromatic heterocycles. The SMILES string of the molecule is CCCN(CCN(C)C)Cc1cc(F)cc(C#CCN)c1. The summed E-state index contributed by atoms with van der Waals surface area (Å²) in [6.07, 6.45) is 1.09. The molecule has 0 aliphatic heterocycles. The van der Waals surface area contributed by atoms with Crippen LogP contribution in [0.3, 0.4) is 0 Å². The van der Waals surface area contributed by atoms with E-state index in [4.69, 9.17) is 5.73 Å². The van der Waals surface area contributed by atoms with E-state index in [1.54, 1.807) is 6.07 Å². The molecule has 0 unspecified atom stereocenters. The summed E-state index contributed by atoms with van der Waals surface area (Å²) >= 11 is 0. The Morgan fingerprint density at radius 1 is 1.14 bits per heavy atom. The van der Waals surface area contributed by atoms with Gasteiger partial charge in [0.05, 0.1) is 6.54 Å². The van der Waals surface area contributed by atoms with Crippen LogP contribution in [0.1, 0.15) is 24.5 Å². The third-order valence-corrected chi connectivity index (χ3v) is 3.10. The molecule has 0 saturated carbocycles. The molecule has 116 valence electrons. The van der Waals surface area contributed by atoms with Gasteiger partial charge < -0.3 is 10.6 Å². The molecule has 0 heterocycles. The minimum Gasteiger partial charge on any atom is -0.320 e. The van der Waals surface area contributed by atoms with Gasteiger partial charge in [0.15, 0.2) is 0 Å². The number of halogens is 1. The lowest BCUT2D eigenvalue weighted by molar-refractivity contribution is 0.234. The fourth-order valence-corrected chi connectivity index (χ4v) is 2.15. The van der Waals surface area contributed by atoms with Crippen molar-refractivity contribution in [3.63, 3.8) is 0 Å². The van der Waals surface area contributed by atoms with Crippen molar-refractivity contribution >= 4 is 0 Å². The highest BCUT2D eigenvalue weighted by molar-refractivity contribution is 5.38. The molecule has 0 spiro atoms. The Bertz CT molecular complexity index is 489. The van der Waals surface area contributed by atoms with Crippen LogP contribution in [0.25, 0.3) is 0 Å². The first-order chi connectivity index (χ1) is 10.0. The Morgan fingerprint density at radius 2 is 1.90 bits per heavy atom. The van der Waals surface area contributed by atoms with Crippen LogP contribution in [0.5, 0.6) is 0 Å². The fourth-order valence-electron chi connectivity index (χ4n) is 2.15. The molecule has 0 saturated heterocycles. The maximum Gasteiger partial charge on any atom is 0.124 e. The number of hydrogen-bond acceptors (Lipinski definition) is 3. The zero-order chi connectivity index (χ0) is 15.7. The van der Waals surface area contributed by atoms with E-state index in [1.165, 1.54) is 6.07 Å². The van der Waals surface area contributed by atoms with E-state index in [1.807, 2.05) is 6.07 Å². The van der Waals surface area contributed by atoms with Crippen molar-refractivity contribution in [2.45, 2.75) is 19.9 Å². The number of benzene rings is 1. The quantitative estimate of drug-likeness (QED) is 0.779. The van der Waals surface area contributed by atoms with E-state index >= 15 is 0 Å². The van der Waals surface area contributed by atoms with E-state index in [-0.39, 0.29) is 12.4 Å². The second-order valence-corrected chi connectivity index (χ2v) is 5.43. The van der Waals surface area contributed by atoms with E-state index in [2.05, 4.69) is 42.7 Å². The van der Waals surface area contributed by atoms with Crippen LogP contribution in [-0.4, -0.2) is 50.1 Å². The topological polar surface area (TPSA) is 32.5 Å². The van der Waals surface area contributed by atoms with Crippen LogP contribution < -0.4 is 5.73 Å². The van der Waals surface area contributed by atoms with Gasteiger partial charge in [-0.3, -0.25) is 4.90 Å². The molecule has 0 radical (unpaired) electrons. The molecule has 2 N–H and O–H groups in total. The lowest BCUT2D eigenvalue weighted by Gasteiger charge is -2.23. The van der Waals surface area contributed by atoms with Crippen LogP contribution in [0, 0.1) is 17.7 Å². The van der Waals surface area contributed by atoms with Gasteiger partial charge in [0.2, 0.25) is 0 Å². The average Bonchev–Trinajstić information content (AvgIpc) is 2.42. The zero-order valence-corrected chi connectivity index (χ0v) is 13.3. The van der Waals surface area contributed by atoms with Crippen molar-refractivity contribution in [2.75, 3.05) is 40.3 Å². The van der Waals surface area contributed by atoms with Crippen molar-refractivity contribution in [2.24, 2.45) is 5.73 Å². The Hall–Kier alpha value is -1.41. The lowest BCUT2D eigenvalue weighted by Crippen LogP contribution is -2.32. The summed E-state index contributed by atoms with van der Waals surface area (Å²) in [4.78, 5) is 4.50. The summed E-state index contributed by atoms with van der Waals surface area (Å²) in [5, 5.41) is 0. The van der Waals surface area contributed by atoms with Gasteiger partial charge in [-0.05, 0) is 50.8 Å². The second-order valence-electron chi connectivity index (χ2n) is 5.43. The van der Waals surface area contributed by atoms with E-state index in [0.29, 0.717) is 5.56 Å². The molecule has 3 nitrogen and oxygen atoms in total. The summed E-state index contributed by atoms with van der Waals surface area (Å²) in [7, 11) is 4.12. The van der Waals surface area contributed by atoms with E-state index in [0.717, 1.165) is 38.2 Å². The van der Waals surface area contributed by atoms with Crippen molar-refractivity contribution in [1.82, 2.24) is 9.80 Å². The smallest absolute Gasteiger partial charge is 0.124 e. The molecule has 0 bridgehead atoms. The van der Waals surface area contributed by atoms with Gasteiger partial charge in [0, 0.05) is 25.2 Å². The van der Waals surface area contributed by atoms with E-state index in [9.17, 15) is 4.39 Å². The molecule has 0 aliphatic rings. The van der Waals surface area contributed by atoms with Crippen LogP contribution in [-0.2, 0) is 6.54 Å². The Labute approximate surface area is 127 Å². The predicted octanol–water partition coefficient (Wildman–Crippen LogP) is 1.91. The molecule has 1 aromatic rings. The van der Waals surface area contributed by atoms with Crippen LogP contribution in [0.2, 0.25) is 0 Å². The number of nitrogens with zero attached hydrogens (tertiary/aromatic N) is 2. The fraction of sp³-hybridized carbons (Fsp3) is 0.529. The first-order valence-corrected chi connectivity index (χ1v) is 7.40. The van der Waals surface area contributed by atoms with E-state index < -0.39 is 0 Å². The molecule has 0 aliphatic carbocycles. The molecular formula is C17H26FN3. The third kappa shape index (κ3) is 7.24. The van der Waals surface area contributed by atoms with Gasteiger partial charge in [-0.1, -0.05) is 18.8 Å². The maximum absolute atomic E-state index is 13.7. The minimum absolute atomic E-state index is 0.238. The molecule has 21 heavy (non-hydrogen) atoms. The van der Waals surface area contributed by atoms with Gasteiger partial charge in [-0.15, -0.1) is 0 Å². The monoisotopic (exact) mass is 291 g/mol. The highest BCUT2D eigenvalue weighted by atomic mass is 19.1. The summed E-state index contributed by atoms with van der Waals surface area (Å²) in [6.45, 7) is 6.17. The lowest BCUT2D eigenvalue weighted by atomic mass is 10.1. The third-order valence-electron chi connectivity index (χ3n) is 3.10. The highest BCUT2D eigenvalue weighted by Gasteiger charge is 2.07. The first kappa shape index (κ1) is 17.6. The largest absolute Gasteiger partial charge is 0.320 e. The van der Waals surface area contributed by atoms with Gasteiger partial charge in [-0.2, -0.15) is 0 Å². The second kappa shape index (κ2) is 9.51. The highest BCUT2D eigenvalue weighted by Crippen LogP contribution is 2.11. The Morgan fingerprint density at radius 3 is 2.52 bits per heavy atom. The standard InChI is InChI=1S/C17H26FN3/c1-4-8-21(10-9-20(2)3)14-16-11-15(6-5-7-19)12-17(18)13-16/h11-13H,4,7-10,14,19H2,1-3H3. The Balaban J connectivity index is 2.79. The molecule has 1 aromatic carbocycles.